The van der Waals surface area contributed by atoms with Crippen LogP contribution in [0, 0.1) is 0 Å². The molecule has 0 bridgehead atoms. The topological polar surface area (TPSA) is 81.6 Å². The van der Waals surface area contributed by atoms with Gasteiger partial charge in [-0.2, -0.15) is 0 Å². The molecule has 0 radical (unpaired) electrons. The molecule has 0 aliphatic carbocycles. The third kappa shape index (κ3) is 3.55. The van der Waals surface area contributed by atoms with E-state index in [1.54, 1.807) is 4.90 Å². The maximum Gasteiger partial charge on any atom is 0.359 e. The molecule has 0 spiro atoms. The molecule has 0 N–H and O–H groups in total. The summed E-state index contributed by atoms with van der Waals surface area (Å²) in [5.41, 5.74) is 1.63. The number of fused-ring (bicyclic) bond motifs is 1. The van der Waals surface area contributed by atoms with Crippen molar-refractivity contribution in [1.82, 2.24) is 9.97 Å². The Hall–Kier alpha value is -3.74. The summed E-state index contributed by atoms with van der Waals surface area (Å²) in [7, 11) is 0. The molecule has 2 heterocycles. The molecule has 1 atom stereocenters. The summed E-state index contributed by atoms with van der Waals surface area (Å²) in [6, 6.07) is 16.6. The van der Waals surface area contributed by atoms with Crippen LogP contribution in [0.25, 0.3) is 0 Å². The lowest BCUT2D eigenvalue weighted by molar-refractivity contribution is -0.122. The average molecular weight is 375 g/mol. The van der Waals surface area contributed by atoms with Crippen molar-refractivity contribution in [1.29, 1.82) is 0 Å². The maximum atomic E-state index is 13.0. The van der Waals surface area contributed by atoms with Gasteiger partial charge in [0.05, 0.1) is 17.9 Å². The van der Waals surface area contributed by atoms with Crippen molar-refractivity contribution in [2.24, 2.45) is 0 Å². The second-order valence-corrected chi connectivity index (χ2v) is 6.14. The Kier molecular flexibility index (Phi) is 4.97. The summed E-state index contributed by atoms with van der Waals surface area (Å²) in [6.07, 6.45) is 4.14. The zero-order valence-electron chi connectivity index (χ0n) is 14.9. The molecule has 3 aromatic rings. The van der Waals surface area contributed by atoms with Gasteiger partial charge in [-0.1, -0.05) is 42.5 Å². The smallest absolute Gasteiger partial charge is 0.359 e. The van der Waals surface area contributed by atoms with Crippen LogP contribution in [0.4, 0.5) is 5.69 Å². The molecular formula is C21H17N3O4. The third-order valence-electron chi connectivity index (χ3n) is 4.39. The van der Waals surface area contributed by atoms with Crippen molar-refractivity contribution in [2.45, 2.75) is 6.04 Å². The number of carbonyl (C=O) groups excluding carboxylic acids is 2. The van der Waals surface area contributed by atoms with Gasteiger partial charge in [0.25, 0.3) is 5.91 Å². The molecule has 140 valence electrons. The Labute approximate surface area is 161 Å². The van der Waals surface area contributed by atoms with Gasteiger partial charge in [0, 0.05) is 12.4 Å². The van der Waals surface area contributed by atoms with Gasteiger partial charge in [0.15, 0.2) is 12.3 Å². The summed E-state index contributed by atoms with van der Waals surface area (Å²) in [4.78, 5) is 34.5. The predicted octanol–water partition coefficient (Wildman–Crippen LogP) is 2.80. The molecule has 7 heteroatoms. The maximum absolute atomic E-state index is 13.0. The standard InChI is InChI=1S/C21H17N3O4/c25-20(14-28-21(26)16-12-22-10-11-23-16)24-17-8-4-5-9-19(17)27-13-18(24)15-6-2-1-3-7-15/h1-12,18H,13-14H2. The lowest BCUT2D eigenvalue weighted by Crippen LogP contribution is -2.43. The highest BCUT2D eigenvalue weighted by atomic mass is 16.5. The number of hydrogen-bond acceptors (Lipinski definition) is 6. The predicted molar refractivity (Wildman–Crippen MR) is 101 cm³/mol. The van der Waals surface area contributed by atoms with Crippen LogP contribution in [-0.4, -0.2) is 35.1 Å². The first-order valence-corrected chi connectivity index (χ1v) is 8.76. The van der Waals surface area contributed by atoms with Crippen LogP contribution >= 0.6 is 0 Å². The van der Waals surface area contributed by atoms with Gasteiger partial charge in [-0.25, -0.2) is 9.78 Å². The number of anilines is 1. The van der Waals surface area contributed by atoms with Crippen molar-refractivity contribution in [3.8, 4) is 5.75 Å². The van der Waals surface area contributed by atoms with Crippen LogP contribution in [0.3, 0.4) is 0 Å². The summed E-state index contributed by atoms with van der Waals surface area (Å²) in [5.74, 6) is -0.426. The lowest BCUT2D eigenvalue weighted by Gasteiger charge is -2.37. The highest BCUT2D eigenvalue weighted by Gasteiger charge is 2.33. The molecule has 1 unspecified atom stereocenters. The molecule has 1 amide bonds. The fourth-order valence-corrected chi connectivity index (χ4v) is 3.09. The molecule has 0 saturated carbocycles. The van der Waals surface area contributed by atoms with Crippen molar-refractivity contribution < 1.29 is 19.1 Å². The van der Waals surface area contributed by atoms with Gasteiger partial charge in [-0.15, -0.1) is 0 Å². The highest BCUT2D eigenvalue weighted by molar-refractivity contribution is 5.98. The van der Waals surface area contributed by atoms with Gasteiger partial charge in [-0.3, -0.25) is 14.7 Å². The van der Waals surface area contributed by atoms with Crippen LogP contribution in [0.15, 0.2) is 73.2 Å². The minimum absolute atomic E-state index is 0.0530. The summed E-state index contributed by atoms with van der Waals surface area (Å²) in [6.45, 7) is -0.0993. The first-order valence-electron chi connectivity index (χ1n) is 8.76. The van der Waals surface area contributed by atoms with Crippen molar-refractivity contribution in [2.75, 3.05) is 18.1 Å². The number of hydrogen-bond donors (Lipinski definition) is 0. The number of aromatic nitrogens is 2. The zero-order valence-corrected chi connectivity index (χ0v) is 14.9. The van der Waals surface area contributed by atoms with E-state index in [1.807, 2.05) is 54.6 Å². The fraction of sp³-hybridized carbons (Fsp3) is 0.143. The number of nitrogens with zero attached hydrogens (tertiary/aromatic N) is 3. The second kappa shape index (κ2) is 7.87. The van der Waals surface area contributed by atoms with Crippen molar-refractivity contribution in [3.05, 3.63) is 84.4 Å². The van der Waals surface area contributed by atoms with E-state index in [-0.39, 0.29) is 17.6 Å². The number of ether oxygens (including phenoxy) is 2. The lowest BCUT2D eigenvalue weighted by atomic mass is 10.0. The van der Waals surface area contributed by atoms with Gasteiger partial charge in [-0.05, 0) is 17.7 Å². The van der Waals surface area contributed by atoms with Crippen molar-refractivity contribution >= 4 is 17.6 Å². The van der Waals surface area contributed by atoms with E-state index < -0.39 is 12.6 Å². The fourth-order valence-electron chi connectivity index (χ4n) is 3.09. The first kappa shape index (κ1) is 17.7. The quantitative estimate of drug-likeness (QED) is 0.652. The monoisotopic (exact) mass is 375 g/mol. The molecule has 4 rings (SSSR count). The number of para-hydroxylation sites is 2. The van der Waals surface area contributed by atoms with E-state index in [2.05, 4.69) is 9.97 Å². The number of carbonyl (C=O) groups is 2. The van der Waals surface area contributed by atoms with Gasteiger partial charge in [0.2, 0.25) is 0 Å². The molecule has 1 aliphatic rings. The molecule has 1 aromatic heterocycles. The summed E-state index contributed by atoms with van der Waals surface area (Å²) < 4.78 is 11.0. The van der Waals surface area contributed by atoms with Crippen LogP contribution in [0.5, 0.6) is 5.75 Å². The van der Waals surface area contributed by atoms with Crippen molar-refractivity contribution in [3.63, 3.8) is 0 Å². The Morgan fingerprint density at radius 3 is 2.64 bits per heavy atom. The zero-order chi connectivity index (χ0) is 19.3. The molecule has 2 aromatic carbocycles. The van der Waals surface area contributed by atoms with Crippen LogP contribution in [0.1, 0.15) is 22.1 Å². The van der Waals surface area contributed by atoms with E-state index >= 15 is 0 Å². The second-order valence-electron chi connectivity index (χ2n) is 6.14. The number of benzene rings is 2. The first-order chi connectivity index (χ1) is 13.7. The largest absolute Gasteiger partial charge is 0.489 e. The number of esters is 1. The van der Waals surface area contributed by atoms with E-state index in [1.165, 1.54) is 18.6 Å². The Bertz CT molecular complexity index is 979. The molecule has 7 nitrogen and oxygen atoms in total. The Balaban J connectivity index is 1.58. The van der Waals surface area contributed by atoms with E-state index in [4.69, 9.17) is 9.47 Å². The van der Waals surface area contributed by atoms with Crippen LogP contribution < -0.4 is 9.64 Å². The van der Waals surface area contributed by atoms with Gasteiger partial charge >= 0.3 is 5.97 Å². The number of rotatable bonds is 4. The summed E-state index contributed by atoms with van der Waals surface area (Å²) >= 11 is 0. The van der Waals surface area contributed by atoms with Crippen LogP contribution in [0.2, 0.25) is 0 Å². The van der Waals surface area contributed by atoms with E-state index in [0.717, 1.165) is 5.56 Å². The van der Waals surface area contributed by atoms with Gasteiger partial charge < -0.3 is 9.47 Å². The van der Waals surface area contributed by atoms with E-state index in [9.17, 15) is 9.59 Å². The molecule has 0 fully saturated rings. The Morgan fingerprint density at radius 1 is 1.07 bits per heavy atom. The Morgan fingerprint density at radius 2 is 1.86 bits per heavy atom. The minimum atomic E-state index is -0.695. The van der Waals surface area contributed by atoms with Crippen LogP contribution in [-0.2, 0) is 9.53 Å². The third-order valence-corrected chi connectivity index (χ3v) is 4.39. The number of amides is 1. The average Bonchev–Trinajstić information content (AvgIpc) is 2.77. The van der Waals surface area contributed by atoms with Gasteiger partial charge in [0.1, 0.15) is 12.4 Å². The SMILES string of the molecule is O=C(OCC(=O)N1c2ccccc2OCC1c1ccccc1)c1cnccn1. The molecule has 1 aliphatic heterocycles. The molecule has 0 saturated heterocycles. The summed E-state index contributed by atoms with van der Waals surface area (Å²) in [5, 5.41) is 0. The molecule has 28 heavy (non-hydrogen) atoms. The minimum Gasteiger partial charge on any atom is -0.489 e. The van der Waals surface area contributed by atoms with E-state index in [0.29, 0.717) is 18.0 Å². The normalized spacial score (nSPS) is 15.3. The molecular weight excluding hydrogens is 358 g/mol. The highest BCUT2D eigenvalue weighted by Crippen LogP contribution is 2.39.